The van der Waals surface area contributed by atoms with Gasteiger partial charge in [-0.3, -0.25) is 9.59 Å². The molecule has 0 aromatic carbocycles. The van der Waals surface area contributed by atoms with E-state index in [0.29, 0.717) is 17.8 Å². The van der Waals surface area contributed by atoms with E-state index in [2.05, 4.69) is 0 Å². The monoisotopic (exact) mass is 208 g/mol. The van der Waals surface area contributed by atoms with Gasteiger partial charge in [0.2, 0.25) is 0 Å². The molecule has 0 saturated carbocycles. The van der Waals surface area contributed by atoms with Crippen molar-refractivity contribution in [3.8, 4) is 0 Å². The molecule has 0 fully saturated rings. The fraction of sp³-hybridized carbons (Fsp3) is 0.500. The van der Waals surface area contributed by atoms with Crippen LogP contribution in [0.25, 0.3) is 0 Å². The van der Waals surface area contributed by atoms with E-state index in [-0.39, 0.29) is 17.7 Å². The molecule has 0 heterocycles. The Morgan fingerprint density at radius 3 is 2.80 bits per heavy atom. The lowest BCUT2D eigenvalue weighted by Gasteiger charge is -2.04. The van der Waals surface area contributed by atoms with Gasteiger partial charge in [-0.1, -0.05) is 12.2 Å². The highest BCUT2D eigenvalue weighted by Gasteiger charge is 2.31. The van der Waals surface area contributed by atoms with Crippen molar-refractivity contribution in [1.82, 2.24) is 0 Å². The number of ketones is 1. The van der Waals surface area contributed by atoms with Crippen LogP contribution in [-0.4, -0.2) is 11.8 Å². The third kappa shape index (κ3) is 2.78. The number of rotatable bonds is 3. The third-order valence-corrected chi connectivity index (χ3v) is 2.51. The standard InChI is InChI=1S/C12H16O3/c1-4-5-6-10-7-11(15-9(3)13)8(2)12(10)14/h4-5,10H,6-7H2,1-3H3. The molecule has 1 unspecified atom stereocenters. The summed E-state index contributed by atoms with van der Waals surface area (Å²) in [5, 5.41) is 0. The topological polar surface area (TPSA) is 43.4 Å². The van der Waals surface area contributed by atoms with Crippen LogP contribution in [0, 0.1) is 5.92 Å². The summed E-state index contributed by atoms with van der Waals surface area (Å²) in [6.07, 6.45) is 5.16. The second-order valence-corrected chi connectivity index (χ2v) is 3.71. The molecule has 0 aliphatic heterocycles. The lowest BCUT2D eigenvalue weighted by molar-refractivity contribution is -0.137. The normalized spacial score (nSPS) is 21.5. The fourth-order valence-electron chi connectivity index (χ4n) is 1.70. The summed E-state index contributed by atoms with van der Waals surface area (Å²) < 4.78 is 5.00. The summed E-state index contributed by atoms with van der Waals surface area (Å²) in [6, 6.07) is 0. The minimum absolute atomic E-state index is 0.0458. The van der Waals surface area contributed by atoms with Gasteiger partial charge in [-0.25, -0.2) is 0 Å². The maximum absolute atomic E-state index is 11.7. The van der Waals surface area contributed by atoms with Crippen LogP contribution in [0.15, 0.2) is 23.5 Å². The van der Waals surface area contributed by atoms with Gasteiger partial charge >= 0.3 is 5.97 Å². The molecule has 0 aromatic rings. The minimum atomic E-state index is -0.358. The Morgan fingerprint density at radius 2 is 2.27 bits per heavy atom. The summed E-state index contributed by atoms with van der Waals surface area (Å²) in [4.78, 5) is 22.5. The van der Waals surface area contributed by atoms with Crippen molar-refractivity contribution in [1.29, 1.82) is 0 Å². The van der Waals surface area contributed by atoms with Crippen molar-refractivity contribution >= 4 is 11.8 Å². The zero-order valence-electron chi connectivity index (χ0n) is 9.37. The summed E-state index contributed by atoms with van der Waals surface area (Å²) in [5.41, 5.74) is 0.597. The van der Waals surface area contributed by atoms with Crippen LogP contribution in [0.5, 0.6) is 0 Å². The minimum Gasteiger partial charge on any atom is -0.431 e. The maximum Gasteiger partial charge on any atom is 0.307 e. The van der Waals surface area contributed by atoms with Crippen LogP contribution in [-0.2, 0) is 14.3 Å². The first-order valence-corrected chi connectivity index (χ1v) is 5.09. The first-order chi connectivity index (χ1) is 7.06. The molecule has 3 nitrogen and oxygen atoms in total. The molecule has 0 spiro atoms. The van der Waals surface area contributed by atoms with Crippen LogP contribution in [0.3, 0.4) is 0 Å². The van der Waals surface area contributed by atoms with Crippen LogP contribution in [0.2, 0.25) is 0 Å². The molecule has 0 saturated heterocycles. The van der Waals surface area contributed by atoms with Crippen LogP contribution in [0.4, 0.5) is 0 Å². The van der Waals surface area contributed by atoms with Gasteiger partial charge in [0.15, 0.2) is 5.78 Å². The molecule has 0 amide bonds. The SMILES string of the molecule is CC=CCC1CC(OC(C)=O)=C(C)C1=O. The van der Waals surface area contributed by atoms with Crippen molar-refractivity contribution < 1.29 is 14.3 Å². The summed E-state index contributed by atoms with van der Waals surface area (Å²) >= 11 is 0. The second-order valence-electron chi connectivity index (χ2n) is 3.71. The van der Waals surface area contributed by atoms with Gasteiger partial charge in [0.25, 0.3) is 0 Å². The highest BCUT2D eigenvalue weighted by atomic mass is 16.5. The van der Waals surface area contributed by atoms with E-state index in [9.17, 15) is 9.59 Å². The molecule has 82 valence electrons. The summed E-state index contributed by atoms with van der Waals surface area (Å²) in [6.45, 7) is 4.99. The van der Waals surface area contributed by atoms with Gasteiger partial charge in [-0.15, -0.1) is 0 Å². The van der Waals surface area contributed by atoms with Crippen LogP contribution in [0.1, 0.15) is 33.6 Å². The van der Waals surface area contributed by atoms with Crippen molar-refractivity contribution in [2.24, 2.45) is 5.92 Å². The molecule has 3 heteroatoms. The molecule has 0 aromatic heterocycles. The molecule has 1 aliphatic rings. The molecule has 0 N–H and O–H groups in total. The van der Waals surface area contributed by atoms with Crippen LogP contribution >= 0.6 is 0 Å². The quantitative estimate of drug-likeness (QED) is 0.528. The Labute approximate surface area is 89.8 Å². The number of carbonyl (C=O) groups is 2. The summed E-state index contributed by atoms with van der Waals surface area (Å²) in [5.74, 6) is 0.241. The Morgan fingerprint density at radius 1 is 1.60 bits per heavy atom. The van der Waals surface area contributed by atoms with E-state index >= 15 is 0 Å². The number of allylic oxidation sites excluding steroid dienone is 4. The highest BCUT2D eigenvalue weighted by Crippen LogP contribution is 2.31. The van der Waals surface area contributed by atoms with Gasteiger partial charge in [-0.2, -0.15) is 0 Å². The zero-order chi connectivity index (χ0) is 11.4. The largest absolute Gasteiger partial charge is 0.431 e. The molecular weight excluding hydrogens is 192 g/mol. The molecule has 1 rings (SSSR count). The fourth-order valence-corrected chi connectivity index (χ4v) is 1.70. The Kier molecular flexibility index (Phi) is 3.83. The number of carbonyl (C=O) groups excluding carboxylic acids is 2. The van der Waals surface area contributed by atoms with Gasteiger partial charge in [0.1, 0.15) is 5.76 Å². The van der Waals surface area contributed by atoms with E-state index < -0.39 is 0 Å². The number of hydrogen-bond donors (Lipinski definition) is 0. The smallest absolute Gasteiger partial charge is 0.307 e. The average molecular weight is 208 g/mol. The van der Waals surface area contributed by atoms with E-state index in [0.717, 1.165) is 6.42 Å². The molecule has 1 aliphatic carbocycles. The van der Waals surface area contributed by atoms with Gasteiger partial charge in [-0.05, 0) is 20.3 Å². The maximum atomic E-state index is 11.7. The predicted octanol–water partition coefficient (Wildman–Crippen LogP) is 2.38. The van der Waals surface area contributed by atoms with Gasteiger partial charge in [0, 0.05) is 24.8 Å². The van der Waals surface area contributed by atoms with E-state index in [1.165, 1.54) is 6.92 Å². The van der Waals surface area contributed by atoms with E-state index in [1.54, 1.807) is 6.92 Å². The Balaban J connectivity index is 2.69. The average Bonchev–Trinajstić information content (AvgIpc) is 2.42. The number of Topliss-reactive ketones (excluding diaryl/α,β-unsaturated/α-hetero) is 1. The Hall–Kier alpha value is -1.38. The number of hydrogen-bond acceptors (Lipinski definition) is 3. The van der Waals surface area contributed by atoms with Crippen molar-refractivity contribution in [2.75, 3.05) is 0 Å². The number of esters is 1. The molecular formula is C12H16O3. The van der Waals surface area contributed by atoms with Crippen molar-refractivity contribution in [2.45, 2.75) is 33.6 Å². The van der Waals surface area contributed by atoms with Crippen molar-refractivity contribution in [3.05, 3.63) is 23.5 Å². The number of ether oxygens (including phenoxy) is 1. The first kappa shape index (κ1) is 11.7. The Bertz CT molecular complexity index is 337. The van der Waals surface area contributed by atoms with Gasteiger partial charge in [0.05, 0.1) is 0 Å². The summed E-state index contributed by atoms with van der Waals surface area (Å²) in [7, 11) is 0. The van der Waals surface area contributed by atoms with E-state index in [1.807, 2.05) is 19.1 Å². The third-order valence-electron chi connectivity index (χ3n) is 2.51. The molecule has 15 heavy (non-hydrogen) atoms. The highest BCUT2D eigenvalue weighted by molar-refractivity contribution is 6.00. The second kappa shape index (κ2) is 4.91. The first-order valence-electron chi connectivity index (χ1n) is 5.09. The van der Waals surface area contributed by atoms with Crippen LogP contribution < -0.4 is 0 Å². The van der Waals surface area contributed by atoms with Gasteiger partial charge < -0.3 is 4.74 Å². The predicted molar refractivity (Wildman–Crippen MR) is 57.0 cm³/mol. The lowest BCUT2D eigenvalue weighted by atomic mass is 10.0. The van der Waals surface area contributed by atoms with Crippen molar-refractivity contribution in [3.63, 3.8) is 0 Å². The molecule has 0 bridgehead atoms. The lowest BCUT2D eigenvalue weighted by Crippen LogP contribution is -2.07. The van der Waals surface area contributed by atoms with E-state index in [4.69, 9.17) is 4.74 Å². The molecule has 1 atom stereocenters. The molecule has 0 radical (unpaired) electrons. The zero-order valence-corrected chi connectivity index (χ0v) is 9.37.